The second-order valence-electron chi connectivity index (χ2n) is 8.95. The van der Waals surface area contributed by atoms with Gasteiger partial charge in [0.25, 0.3) is 0 Å². The fraction of sp³-hybridized carbons (Fsp3) is 0.370. The minimum Gasteiger partial charge on any atom is -0.493 e. The van der Waals surface area contributed by atoms with Crippen LogP contribution in [0.4, 0.5) is 0 Å². The van der Waals surface area contributed by atoms with Gasteiger partial charge in [-0.25, -0.2) is 9.67 Å². The number of aliphatic hydroxyl groups excluding tert-OH is 1. The summed E-state index contributed by atoms with van der Waals surface area (Å²) >= 11 is 0. The van der Waals surface area contributed by atoms with Gasteiger partial charge in [0, 0.05) is 11.3 Å². The van der Waals surface area contributed by atoms with Gasteiger partial charge in [-0.15, -0.1) is 0 Å². The highest BCUT2D eigenvalue weighted by Crippen LogP contribution is 2.35. The highest BCUT2D eigenvalue weighted by atomic mass is 16.5. The zero-order chi connectivity index (χ0) is 23.3. The summed E-state index contributed by atoms with van der Waals surface area (Å²) < 4.78 is 8.08. The van der Waals surface area contributed by atoms with E-state index >= 15 is 0 Å². The molecule has 0 saturated heterocycles. The third-order valence-corrected chi connectivity index (χ3v) is 6.29. The molecule has 3 heterocycles. The molecule has 7 nitrogen and oxygen atoms in total. The summed E-state index contributed by atoms with van der Waals surface area (Å²) in [6.07, 6.45) is 8.46. The summed E-state index contributed by atoms with van der Waals surface area (Å²) in [5.74, 6) is 2.28. The van der Waals surface area contributed by atoms with Gasteiger partial charge in [0.2, 0.25) is 0 Å². The Hall–Kier alpha value is -3.29. The molecule has 0 amide bonds. The van der Waals surface area contributed by atoms with Crippen molar-refractivity contribution in [3.05, 3.63) is 66.1 Å². The summed E-state index contributed by atoms with van der Waals surface area (Å²) in [6.45, 7) is 1.28. The van der Waals surface area contributed by atoms with Crippen LogP contribution in [0.1, 0.15) is 43.5 Å². The monoisotopic (exact) mass is 457 g/mol. The first-order chi connectivity index (χ1) is 16.7. The molecule has 1 aromatic carbocycles. The van der Waals surface area contributed by atoms with Gasteiger partial charge in [0.15, 0.2) is 5.82 Å². The van der Waals surface area contributed by atoms with Gasteiger partial charge in [-0.1, -0.05) is 25.0 Å². The summed E-state index contributed by atoms with van der Waals surface area (Å²) in [7, 11) is 0. The maximum absolute atomic E-state index is 9.53. The largest absolute Gasteiger partial charge is 0.493 e. The molecule has 34 heavy (non-hydrogen) atoms. The molecule has 1 aliphatic carbocycles. The third-order valence-electron chi connectivity index (χ3n) is 6.29. The predicted octanol–water partition coefficient (Wildman–Crippen LogP) is 4.44. The summed E-state index contributed by atoms with van der Waals surface area (Å²) in [4.78, 5) is 9.47. The Bertz CT molecular complexity index is 1270. The van der Waals surface area contributed by atoms with E-state index in [0.29, 0.717) is 24.7 Å². The van der Waals surface area contributed by atoms with E-state index in [1.165, 1.54) is 12.8 Å². The average Bonchev–Trinajstić information content (AvgIpc) is 3.60. The first kappa shape index (κ1) is 22.5. The lowest BCUT2D eigenvalue weighted by Crippen LogP contribution is -2.03. The number of ether oxygens (including phenoxy) is 1. The van der Waals surface area contributed by atoms with Crippen LogP contribution in [-0.4, -0.2) is 38.0 Å². The summed E-state index contributed by atoms with van der Waals surface area (Å²) in [5, 5.41) is 15.1. The van der Waals surface area contributed by atoms with Crippen LogP contribution in [0.2, 0.25) is 0 Å². The molecule has 4 aromatic rings. The molecule has 1 aliphatic rings. The van der Waals surface area contributed by atoms with Crippen LogP contribution in [0.25, 0.3) is 28.0 Å². The molecule has 5 rings (SSSR count). The van der Waals surface area contributed by atoms with Crippen molar-refractivity contribution in [3.63, 3.8) is 0 Å². The SMILES string of the molecule is NCCCCc1cccc(-c2cc(OCCC3CC3)c3cnn(-c4cccc(CO)n4)c3c2)n1. The van der Waals surface area contributed by atoms with E-state index in [9.17, 15) is 5.11 Å². The van der Waals surface area contributed by atoms with Gasteiger partial charge in [0.05, 0.1) is 41.7 Å². The van der Waals surface area contributed by atoms with E-state index in [2.05, 4.69) is 34.3 Å². The zero-order valence-corrected chi connectivity index (χ0v) is 19.4. The number of nitrogens with zero attached hydrogens (tertiary/aromatic N) is 4. The molecular weight excluding hydrogens is 426 g/mol. The molecule has 0 atom stereocenters. The van der Waals surface area contributed by atoms with Crippen LogP contribution in [0.5, 0.6) is 5.75 Å². The number of aromatic nitrogens is 4. The van der Waals surface area contributed by atoms with E-state index in [0.717, 1.165) is 65.2 Å². The second kappa shape index (κ2) is 10.3. The number of aliphatic hydroxyl groups is 1. The van der Waals surface area contributed by atoms with Crippen LogP contribution in [0.3, 0.4) is 0 Å². The minimum absolute atomic E-state index is 0.116. The number of hydrogen-bond acceptors (Lipinski definition) is 6. The maximum atomic E-state index is 9.53. The lowest BCUT2D eigenvalue weighted by Gasteiger charge is -2.12. The number of fused-ring (bicyclic) bond motifs is 1. The Morgan fingerprint density at radius 3 is 2.71 bits per heavy atom. The summed E-state index contributed by atoms with van der Waals surface area (Å²) in [5.41, 5.74) is 10.1. The molecule has 1 fully saturated rings. The standard InChI is InChI=1S/C27H31N5O2/c28-13-2-1-5-21-6-3-8-24(30-21)20-15-25-23(26(16-20)34-14-12-19-10-11-19)17-29-32(25)27-9-4-7-22(18-33)31-27/h3-4,6-9,15-17,19,33H,1-2,5,10-14,18,28H2. The molecule has 0 radical (unpaired) electrons. The number of unbranched alkanes of at least 4 members (excludes halogenated alkanes) is 1. The van der Waals surface area contributed by atoms with Crippen molar-refractivity contribution in [2.24, 2.45) is 11.7 Å². The number of rotatable bonds is 11. The first-order valence-electron chi connectivity index (χ1n) is 12.1. The van der Waals surface area contributed by atoms with E-state index < -0.39 is 0 Å². The molecule has 0 spiro atoms. The van der Waals surface area contributed by atoms with Crippen molar-refractivity contribution in [3.8, 4) is 22.8 Å². The first-order valence-corrected chi connectivity index (χ1v) is 12.1. The smallest absolute Gasteiger partial charge is 0.154 e. The molecular formula is C27H31N5O2. The van der Waals surface area contributed by atoms with Crippen molar-refractivity contribution < 1.29 is 9.84 Å². The number of benzene rings is 1. The van der Waals surface area contributed by atoms with Crippen molar-refractivity contribution in [1.82, 2.24) is 19.7 Å². The highest BCUT2D eigenvalue weighted by Gasteiger charge is 2.21. The number of aryl methyl sites for hydroxylation is 1. The van der Waals surface area contributed by atoms with Gasteiger partial charge < -0.3 is 15.6 Å². The predicted molar refractivity (Wildman–Crippen MR) is 133 cm³/mol. The Balaban J connectivity index is 1.55. The molecule has 1 saturated carbocycles. The lowest BCUT2D eigenvalue weighted by atomic mass is 10.1. The van der Waals surface area contributed by atoms with Crippen LogP contribution in [0.15, 0.2) is 54.7 Å². The molecule has 3 N–H and O–H groups in total. The number of hydrogen-bond donors (Lipinski definition) is 2. The third kappa shape index (κ3) is 5.11. The van der Waals surface area contributed by atoms with Crippen molar-refractivity contribution >= 4 is 10.9 Å². The Morgan fingerprint density at radius 1 is 1.03 bits per heavy atom. The maximum Gasteiger partial charge on any atom is 0.154 e. The van der Waals surface area contributed by atoms with E-state index in [4.69, 9.17) is 15.5 Å². The molecule has 0 aliphatic heterocycles. The van der Waals surface area contributed by atoms with Crippen LogP contribution < -0.4 is 10.5 Å². The van der Waals surface area contributed by atoms with Gasteiger partial charge >= 0.3 is 0 Å². The van der Waals surface area contributed by atoms with E-state index in [-0.39, 0.29) is 6.61 Å². The van der Waals surface area contributed by atoms with Crippen LogP contribution >= 0.6 is 0 Å². The van der Waals surface area contributed by atoms with Gasteiger partial charge in [-0.2, -0.15) is 5.10 Å². The fourth-order valence-corrected chi connectivity index (χ4v) is 4.19. The molecule has 7 heteroatoms. The fourth-order valence-electron chi connectivity index (χ4n) is 4.19. The topological polar surface area (TPSA) is 99.1 Å². The number of pyridine rings is 2. The van der Waals surface area contributed by atoms with Crippen LogP contribution in [-0.2, 0) is 13.0 Å². The Morgan fingerprint density at radius 2 is 1.88 bits per heavy atom. The molecule has 0 unspecified atom stereocenters. The normalized spacial score (nSPS) is 13.5. The lowest BCUT2D eigenvalue weighted by molar-refractivity contribution is 0.276. The van der Waals surface area contributed by atoms with E-state index in [1.807, 2.05) is 24.4 Å². The molecule has 3 aromatic heterocycles. The van der Waals surface area contributed by atoms with Crippen molar-refractivity contribution in [2.45, 2.75) is 45.1 Å². The molecule has 0 bridgehead atoms. The molecule has 176 valence electrons. The van der Waals surface area contributed by atoms with Crippen molar-refractivity contribution in [1.29, 1.82) is 0 Å². The second-order valence-corrected chi connectivity index (χ2v) is 8.95. The summed E-state index contributed by atoms with van der Waals surface area (Å²) in [6, 6.07) is 15.9. The highest BCUT2D eigenvalue weighted by molar-refractivity contribution is 5.90. The van der Waals surface area contributed by atoms with Crippen molar-refractivity contribution in [2.75, 3.05) is 13.2 Å². The number of nitrogens with two attached hydrogens (primary N) is 1. The average molecular weight is 458 g/mol. The Labute approximate surface area is 199 Å². The van der Waals surface area contributed by atoms with Gasteiger partial charge in [-0.3, -0.25) is 4.98 Å². The van der Waals surface area contributed by atoms with E-state index in [1.54, 1.807) is 10.7 Å². The van der Waals surface area contributed by atoms with Gasteiger partial charge in [-0.05, 0) is 74.5 Å². The van der Waals surface area contributed by atoms with Gasteiger partial charge in [0.1, 0.15) is 5.75 Å². The van der Waals surface area contributed by atoms with Crippen LogP contribution in [0, 0.1) is 5.92 Å². The quantitative estimate of drug-likeness (QED) is 0.323. The Kier molecular flexibility index (Phi) is 6.83. The zero-order valence-electron chi connectivity index (χ0n) is 19.4. The minimum atomic E-state index is -0.116.